The minimum Gasteiger partial charge on any atom is -0.508 e. The van der Waals surface area contributed by atoms with Crippen LogP contribution in [-0.2, 0) is 0 Å². The second-order valence-corrected chi connectivity index (χ2v) is 5.52. The van der Waals surface area contributed by atoms with Crippen LogP contribution in [0.1, 0.15) is 27.9 Å². The van der Waals surface area contributed by atoms with E-state index in [4.69, 9.17) is 5.73 Å². The molecule has 0 aliphatic carbocycles. The number of phenols is 1. The van der Waals surface area contributed by atoms with Crippen LogP contribution in [0.3, 0.4) is 0 Å². The number of aryl methyl sites for hydroxylation is 2. The van der Waals surface area contributed by atoms with Gasteiger partial charge in [-0.25, -0.2) is 4.98 Å². The van der Waals surface area contributed by atoms with Gasteiger partial charge in [-0.1, -0.05) is 17.4 Å². The molecule has 0 spiro atoms. The van der Waals surface area contributed by atoms with Crippen LogP contribution < -0.4 is 10.6 Å². The van der Waals surface area contributed by atoms with Gasteiger partial charge in [0.05, 0.1) is 11.4 Å². The molecule has 1 heterocycles. The number of aromatic nitrogens is 1. The lowest BCUT2D eigenvalue weighted by Crippen LogP contribution is -2.31. The van der Waals surface area contributed by atoms with E-state index in [1.54, 1.807) is 30.0 Å². The van der Waals surface area contributed by atoms with Crippen LogP contribution in [-0.4, -0.2) is 22.5 Å². The number of aromatic hydroxyl groups is 1. The van der Waals surface area contributed by atoms with Crippen LogP contribution in [0.25, 0.3) is 0 Å². The maximum Gasteiger partial charge on any atom is 0.270 e. The molecule has 5 nitrogen and oxygen atoms in total. The Morgan fingerprint density at radius 1 is 1.45 bits per heavy atom. The summed E-state index contributed by atoms with van der Waals surface area (Å²) < 4.78 is 0. The number of rotatable bonds is 3. The Bertz CT molecular complexity index is 652. The predicted octanol–water partition coefficient (Wildman–Crippen LogP) is 2.71. The molecular weight excluding hydrogens is 274 g/mol. The van der Waals surface area contributed by atoms with E-state index in [2.05, 4.69) is 4.98 Å². The lowest BCUT2D eigenvalue weighted by Gasteiger charge is -2.22. The third-order valence-electron chi connectivity index (χ3n) is 3.05. The van der Waals surface area contributed by atoms with Crippen molar-refractivity contribution in [1.82, 2.24) is 4.98 Å². The standard InChI is InChI=1S/C14H17N3O2S/c1-4-17(11-7-10(18)6-5-8(11)2)13(19)12-9(3)16-14(15)20-12/h5-7,18H,4H2,1-3H3,(H2,15,16). The van der Waals surface area contributed by atoms with Gasteiger partial charge in [-0.3, -0.25) is 4.79 Å². The Morgan fingerprint density at radius 3 is 2.70 bits per heavy atom. The molecule has 0 aliphatic heterocycles. The fourth-order valence-corrected chi connectivity index (χ4v) is 2.83. The third-order valence-corrected chi connectivity index (χ3v) is 4.03. The number of nitrogens with two attached hydrogens (primary N) is 1. The molecule has 1 aromatic heterocycles. The lowest BCUT2D eigenvalue weighted by molar-refractivity contribution is 0.0991. The van der Waals surface area contributed by atoms with Gasteiger partial charge in [0.15, 0.2) is 5.13 Å². The highest BCUT2D eigenvalue weighted by molar-refractivity contribution is 7.17. The van der Waals surface area contributed by atoms with Crippen molar-refractivity contribution < 1.29 is 9.90 Å². The number of phenolic OH excluding ortho intramolecular Hbond substituents is 1. The van der Waals surface area contributed by atoms with Gasteiger partial charge in [0.25, 0.3) is 5.91 Å². The minimum absolute atomic E-state index is 0.136. The molecule has 1 aromatic carbocycles. The summed E-state index contributed by atoms with van der Waals surface area (Å²) in [4.78, 5) is 18.9. The number of amides is 1. The fraction of sp³-hybridized carbons (Fsp3) is 0.286. The van der Waals surface area contributed by atoms with E-state index >= 15 is 0 Å². The molecule has 1 amide bonds. The SMILES string of the molecule is CCN(C(=O)c1sc(N)nc1C)c1cc(O)ccc1C. The van der Waals surface area contributed by atoms with Crippen LogP contribution in [0.2, 0.25) is 0 Å². The first-order chi connectivity index (χ1) is 9.43. The van der Waals surface area contributed by atoms with Crippen molar-refractivity contribution in [3.63, 3.8) is 0 Å². The Kier molecular flexibility index (Phi) is 3.94. The zero-order valence-electron chi connectivity index (χ0n) is 11.7. The molecule has 0 radical (unpaired) electrons. The number of thiazole rings is 1. The third kappa shape index (κ3) is 2.60. The summed E-state index contributed by atoms with van der Waals surface area (Å²) in [7, 11) is 0. The number of benzene rings is 1. The number of hydrogen-bond donors (Lipinski definition) is 2. The molecule has 106 valence electrons. The molecule has 0 aliphatic rings. The molecule has 0 saturated carbocycles. The number of carbonyl (C=O) groups excluding carboxylic acids is 1. The minimum atomic E-state index is -0.145. The molecule has 20 heavy (non-hydrogen) atoms. The zero-order valence-corrected chi connectivity index (χ0v) is 12.5. The van der Waals surface area contributed by atoms with Crippen LogP contribution in [0.5, 0.6) is 5.75 Å². The normalized spacial score (nSPS) is 10.6. The summed E-state index contributed by atoms with van der Waals surface area (Å²) in [5, 5.41) is 10.0. The Hall–Kier alpha value is -2.08. The van der Waals surface area contributed by atoms with E-state index < -0.39 is 0 Å². The molecule has 0 fully saturated rings. The predicted molar refractivity (Wildman–Crippen MR) is 81.5 cm³/mol. The van der Waals surface area contributed by atoms with Crippen LogP contribution in [0, 0.1) is 13.8 Å². The van der Waals surface area contributed by atoms with E-state index in [0.717, 1.165) is 5.56 Å². The smallest absolute Gasteiger partial charge is 0.270 e. The highest BCUT2D eigenvalue weighted by Gasteiger charge is 2.22. The maximum atomic E-state index is 12.6. The van der Waals surface area contributed by atoms with Crippen LogP contribution >= 0.6 is 11.3 Å². The number of carbonyl (C=O) groups is 1. The highest BCUT2D eigenvalue weighted by atomic mass is 32.1. The maximum absolute atomic E-state index is 12.6. The summed E-state index contributed by atoms with van der Waals surface area (Å²) >= 11 is 1.18. The molecule has 0 saturated heterocycles. The number of hydrogen-bond acceptors (Lipinski definition) is 5. The van der Waals surface area contributed by atoms with Gasteiger partial charge in [0, 0.05) is 12.6 Å². The monoisotopic (exact) mass is 291 g/mol. The van der Waals surface area contributed by atoms with E-state index in [1.807, 2.05) is 13.8 Å². The van der Waals surface area contributed by atoms with E-state index in [-0.39, 0.29) is 11.7 Å². The second-order valence-electron chi connectivity index (χ2n) is 4.49. The molecule has 0 atom stereocenters. The van der Waals surface area contributed by atoms with Crippen LogP contribution in [0.4, 0.5) is 10.8 Å². The average molecular weight is 291 g/mol. The zero-order chi connectivity index (χ0) is 14.9. The van der Waals surface area contributed by atoms with Crippen molar-refractivity contribution in [2.24, 2.45) is 0 Å². The first kappa shape index (κ1) is 14.3. The summed E-state index contributed by atoms with van der Waals surface area (Å²) in [5.41, 5.74) is 7.90. The van der Waals surface area contributed by atoms with Crippen molar-refractivity contribution in [2.45, 2.75) is 20.8 Å². The summed E-state index contributed by atoms with van der Waals surface area (Å²) in [5.74, 6) is -0.00899. The number of nitrogen functional groups attached to an aromatic ring is 1. The first-order valence-corrected chi connectivity index (χ1v) is 7.10. The summed E-state index contributed by atoms with van der Waals surface area (Å²) in [6.45, 7) is 6.06. The van der Waals surface area contributed by atoms with Gasteiger partial charge in [-0.15, -0.1) is 0 Å². The molecule has 6 heteroatoms. The summed E-state index contributed by atoms with van der Waals surface area (Å²) in [6, 6.07) is 4.98. The summed E-state index contributed by atoms with van der Waals surface area (Å²) in [6.07, 6.45) is 0. The van der Waals surface area contributed by atoms with Gasteiger partial charge >= 0.3 is 0 Å². The van der Waals surface area contributed by atoms with Gasteiger partial charge in [-0.05, 0) is 32.4 Å². The number of nitrogens with zero attached hydrogens (tertiary/aromatic N) is 2. The van der Waals surface area contributed by atoms with E-state index in [9.17, 15) is 9.90 Å². The van der Waals surface area contributed by atoms with E-state index in [0.29, 0.717) is 27.9 Å². The Balaban J connectivity index is 2.44. The molecule has 2 aromatic rings. The highest BCUT2D eigenvalue weighted by Crippen LogP contribution is 2.28. The van der Waals surface area contributed by atoms with Crippen molar-refractivity contribution >= 4 is 28.1 Å². The van der Waals surface area contributed by atoms with E-state index in [1.165, 1.54) is 11.3 Å². The van der Waals surface area contributed by atoms with Crippen molar-refractivity contribution in [3.05, 3.63) is 34.3 Å². The Labute approximate surface area is 121 Å². The molecular formula is C14H17N3O2S. The molecule has 0 unspecified atom stereocenters. The first-order valence-electron chi connectivity index (χ1n) is 6.28. The molecule has 2 rings (SSSR count). The number of anilines is 2. The van der Waals surface area contributed by atoms with Gasteiger partial charge in [0.2, 0.25) is 0 Å². The average Bonchev–Trinajstić information content (AvgIpc) is 2.73. The van der Waals surface area contributed by atoms with Crippen molar-refractivity contribution in [1.29, 1.82) is 0 Å². The topological polar surface area (TPSA) is 79.5 Å². The lowest BCUT2D eigenvalue weighted by atomic mass is 10.1. The van der Waals surface area contributed by atoms with Crippen molar-refractivity contribution in [3.8, 4) is 5.75 Å². The van der Waals surface area contributed by atoms with Gasteiger partial charge in [-0.2, -0.15) is 0 Å². The quantitative estimate of drug-likeness (QED) is 0.911. The van der Waals surface area contributed by atoms with Gasteiger partial charge in [0.1, 0.15) is 10.6 Å². The van der Waals surface area contributed by atoms with Crippen LogP contribution in [0.15, 0.2) is 18.2 Å². The second kappa shape index (κ2) is 5.50. The molecule has 3 N–H and O–H groups in total. The van der Waals surface area contributed by atoms with Crippen molar-refractivity contribution in [2.75, 3.05) is 17.2 Å². The molecule has 0 bridgehead atoms. The fourth-order valence-electron chi connectivity index (χ4n) is 2.05. The van der Waals surface area contributed by atoms with Gasteiger partial charge < -0.3 is 15.7 Å². The largest absolute Gasteiger partial charge is 0.508 e. The Morgan fingerprint density at radius 2 is 2.15 bits per heavy atom.